The topological polar surface area (TPSA) is 168 Å². The summed E-state index contributed by atoms with van der Waals surface area (Å²) in [5, 5.41) is 11.8. The van der Waals surface area contributed by atoms with E-state index in [1.54, 1.807) is 19.0 Å². The molecule has 3 N–H and O–H groups in total. The van der Waals surface area contributed by atoms with Crippen molar-refractivity contribution in [3.63, 3.8) is 0 Å². The fraction of sp³-hybridized carbons (Fsp3) is 0.600. The van der Waals surface area contributed by atoms with Crippen LogP contribution in [-0.2, 0) is 32.1 Å². The number of anilines is 1. The molecule has 2 unspecified atom stereocenters. The number of nitrogens with zero attached hydrogens (tertiary/aromatic N) is 3. The van der Waals surface area contributed by atoms with E-state index in [-0.39, 0.29) is 36.1 Å². The van der Waals surface area contributed by atoms with Crippen LogP contribution >= 0.6 is 0 Å². The zero-order chi connectivity index (χ0) is 31.2. The van der Waals surface area contributed by atoms with E-state index in [1.807, 2.05) is 45.8 Å². The lowest BCUT2D eigenvalue weighted by Gasteiger charge is -2.52. The highest BCUT2D eigenvalue weighted by molar-refractivity contribution is 6.32. The second-order valence-corrected chi connectivity index (χ2v) is 13.7. The van der Waals surface area contributed by atoms with Gasteiger partial charge in [-0.3, -0.25) is 28.9 Å². The first-order chi connectivity index (χ1) is 19.4. The maximum Gasteiger partial charge on any atom is 0.415 e. The predicted octanol–water partition coefficient (Wildman–Crippen LogP) is 0.588. The number of carbonyl (C=O) groups is 6. The van der Waals surface area contributed by atoms with Gasteiger partial charge in [-0.15, -0.1) is 0 Å². The van der Waals surface area contributed by atoms with Gasteiger partial charge in [0.1, 0.15) is 5.75 Å². The summed E-state index contributed by atoms with van der Waals surface area (Å²) in [7, 11) is 6.77. The Balaban J connectivity index is 1.64. The largest absolute Gasteiger partial charge is 0.415 e. The lowest BCUT2D eigenvalue weighted by atomic mass is 9.52. The summed E-state index contributed by atoms with van der Waals surface area (Å²) < 4.78 is 5.77. The van der Waals surface area contributed by atoms with E-state index in [4.69, 9.17) is 10.5 Å². The monoisotopic (exact) mass is 582 g/mol. The van der Waals surface area contributed by atoms with E-state index in [2.05, 4.69) is 0 Å². The molecule has 0 bridgehead atoms. The number of Topliss-reactive ketones (excluding diaryl/α,β-unsaturated/α-hetero) is 4. The third kappa shape index (κ3) is 4.26. The first-order valence-electron chi connectivity index (χ1n) is 14.1. The highest BCUT2D eigenvalue weighted by Gasteiger charge is 2.69. The number of hydrogen-bond donors (Lipinski definition) is 2. The molecule has 6 atom stereocenters. The van der Waals surface area contributed by atoms with Gasteiger partial charge < -0.3 is 25.4 Å². The Morgan fingerprint density at radius 1 is 1.12 bits per heavy atom. The highest BCUT2D eigenvalue weighted by Crippen LogP contribution is 2.52. The van der Waals surface area contributed by atoms with Gasteiger partial charge in [0.2, 0.25) is 5.91 Å². The number of ether oxygens (including phenoxy) is 1. The number of rotatable bonds is 4. The quantitative estimate of drug-likeness (QED) is 0.480. The van der Waals surface area contributed by atoms with Crippen molar-refractivity contribution in [3.8, 4) is 5.75 Å². The Bertz CT molecular complexity index is 1440. The van der Waals surface area contributed by atoms with Gasteiger partial charge >= 0.3 is 6.09 Å². The van der Waals surface area contributed by atoms with E-state index in [0.29, 0.717) is 17.7 Å². The van der Waals surface area contributed by atoms with Crippen molar-refractivity contribution in [1.82, 2.24) is 9.80 Å². The summed E-state index contributed by atoms with van der Waals surface area (Å²) >= 11 is 0. The number of fused-ring (bicyclic) bond motifs is 5. The molecule has 0 saturated heterocycles. The number of carbonyl (C=O) groups excluding carboxylic acids is 6. The minimum absolute atomic E-state index is 0.00694. The second kappa shape index (κ2) is 9.70. The lowest BCUT2D eigenvalue weighted by Crippen LogP contribution is -2.74. The van der Waals surface area contributed by atoms with Crippen LogP contribution < -0.4 is 15.4 Å². The van der Waals surface area contributed by atoms with E-state index >= 15 is 0 Å². The van der Waals surface area contributed by atoms with Gasteiger partial charge in [-0.2, -0.15) is 0 Å². The number of benzene rings is 1. The van der Waals surface area contributed by atoms with Crippen molar-refractivity contribution in [1.29, 1.82) is 0 Å². The number of aliphatic hydroxyl groups is 1. The Hall–Kier alpha value is -3.64. The molecule has 42 heavy (non-hydrogen) atoms. The minimum Gasteiger partial charge on any atom is -0.409 e. The van der Waals surface area contributed by atoms with E-state index in [0.717, 1.165) is 5.69 Å². The molecule has 226 valence electrons. The third-order valence-corrected chi connectivity index (χ3v) is 9.05. The fourth-order valence-corrected chi connectivity index (χ4v) is 7.44. The van der Waals surface area contributed by atoms with Crippen LogP contribution in [0.2, 0.25) is 0 Å². The summed E-state index contributed by atoms with van der Waals surface area (Å²) in [6.45, 7) is 6.60. The molecule has 0 spiro atoms. The van der Waals surface area contributed by atoms with Crippen molar-refractivity contribution < 1.29 is 38.6 Å². The van der Waals surface area contributed by atoms with Gasteiger partial charge in [-0.05, 0) is 49.9 Å². The molecule has 12 nitrogen and oxygen atoms in total. The van der Waals surface area contributed by atoms with Crippen LogP contribution in [0, 0.1) is 29.1 Å². The zero-order valence-electron chi connectivity index (χ0n) is 25.0. The summed E-state index contributed by atoms with van der Waals surface area (Å²) in [6, 6.07) is 0.747. The lowest BCUT2D eigenvalue weighted by molar-refractivity contribution is -0.181. The van der Waals surface area contributed by atoms with E-state index in [1.165, 1.54) is 4.90 Å². The fourth-order valence-electron chi connectivity index (χ4n) is 7.44. The predicted molar refractivity (Wildman–Crippen MR) is 150 cm³/mol. The Kier molecular flexibility index (Phi) is 6.89. The molecule has 1 aliphatic heterocycles. The van der Waals surface area contributed by atoms with Crippen molar-refractivity contribution in [2.45, 2.75) is 51.8 Å². The molecule has 3 aliphatic carbocycles. The van der Waals surface area contributed by atoms with Gasteiger partial charge in [0.25, 0.3) is 0 Å². The molecule has 1 aromatic rings. The Morgan fingerprint density at radius 3 is 2.31 bits per heavy atom. The Morgan fingerprint density at radius 2 is 1.76 bits per heavy atom. The summed E-state index contributed by atoms with van der Waals surface area (Å²) in [6.07, 6.45) is -0.386. The molecular weight excluding hydrogens is 544 g/mol. The zero-order valence-corrected chi connectivity index (χ0v) is 25.0. The van der Waals surface area contributed by atoms with Crippen LogP contribution in [0.4, 0.5) is 10.5 Å². The van der Waals surface area contributed by atoms with Gasteiger partial charge in [-0.1, -0.05) is 20.8 Å². The number of primary amides is 1. The van der Waals surface area contributed by atoms with Crippen LogP contribution in [0.25, 0.3) is 0 Å². The first kappa shape index (κ1) is 29.8. The number of nitrogens with two attached hydrogens (primary N) is 1. The van der Waals surface area contributed by atoms with E-state index < -0.39 is 70.4 Å². The average molecular weight is 583 g/mol. The molecule has 0 aromatic heterocycles. The molecule has 1 heterocycles. The standard InChI is InChI=1S/C30H38N4O8/c1-29(2,3)12-34-11-14-10-17(32(4)5)15-8-13-9-16-21(33(6)7)23(36)20(27(31)39)26(38)30(16,41)25(37)18(13)22(35)19(15)24(14)42-28(34)40/h10,13,16,18,20-21,41H,8-9,11-12H2,1-7H3,(H2,31,39)/t13-,16-,18?,20?,21-,30-/m0/s1. The number of likely N-dealkylation sites (N-methyl/N-ethyl adjacent to an activating group) is 1. The molecule has 0 radical (unpaired) electrons. The van der Waals surface area contributed by atoms with Crippen molar-refractivity contribution in [2.75, 3.05) is 39.6 Å². The summed E-state index contributed by atoms with van der Waals surface area (Å²) in [5.41, 5.74) is 4.46. The number of hydrogen-bond acceptors (Lipinski definition) is 10. The van der Waals surface area contributed by atoms with Crippen molar-refractivity contribution in [2.24, 2.45) is 34.8 Å². The molecule has 1 aromatic carbocycles. The first-order valence-corrected chi connectivity index (χ1v) is 14.1. The maximum atomic E-state index is 14.3. The highest BCUT2D eigenvalue weighted by atomic mass is 16.6. The van der Waals surface area contributed by atoms with Gasteiger partial charge in [0.15, 0.2) is 34.7 Å². The molecule has 12 heteroatoms. The van der Waals surface area contributed by atoms with Crippen LogP contribution in [-0.4, -0.2) is 96.4 Å². The molecular formula is C30H38N4O8. The summed E-state index contributed by atoms with van der Waals surface area (Å²) in [4.78, 5) is 85.4. The van der Waals surface area contributed by atoms with Crippen molar-refractivity contribution in [3.05, 3.63) is 22.8 Å². The van der Waals surface area contributed by atoms with Crippen LogP contribution in [0.5, 0.6) is 5.75 Å². The van der Waals surface area contributed by atoms with Crippen LogP contribution in [0.15, 0.2) is 6.07 Å². The van der Waals surface area contributed by atoms with E-state index in [9.17, 15) is 33.9 Å². The maximum absolute atomic E-state index is 14.3. The van der Waals surface area contributed by atoms with Gasteiger partial charge in [0.05, 0.1) is 24.1 Å². The van der Waals surface area contributed by atoms with Gasteiger partial charge in [-0.25, -0.2) is 4.79 Å². The average Bonchev–Trinajstić information content (AvgIpc) is 2.85. The number of amides is 2. The molecule has 2 fully saturated rings. The van der Waals surface area contributed by atoms with Crippen molar-refractivity contribution >= 4 is 40.8 Å². The minimum atomic E-state index is -2.75. The molecule has 2 saturated carbocycles. The SMILES string of the molecule is CN(C)c1cc2c(c3c1C[C@H]1C[C@H]4[C@H](N(C)C)C(=O)C(C(N)=O)C(=O)[C@@]4(O)C(=O)C1C3=O)OC(=O)N(CC(C)(C)C)C2. The molecule has 5 rings (SSSR count). The smallest absolute Gasteiger partial charge is 0.409 e. The summed E-state index contributed by atoms with van der Waals surface area (Å²) in [5.74, 6) is -10.2. The third-order valence-electron chi connectivity index (χ3n) is 9.05. The van der Waals surface area contributed by atoms with Crippen LogP contribution in [0.3, 0.4) is 0 Å². The second-order valence-electron chi connectivity index (χ2n) is 13.7. The molecule has 4 aliphatic rings. The van der Waals surface area contributed by atoms with Gasteiger partial charge in [0, 0.05) is 37.8 Å². The normalized spacial score (nSPS) is 30.8. The molecule has 2 amide bonds. The number of ketones is 4. The van der Waals surface area contributed by atoms with Crippen LogP contribution in [0.1, 0.15) is 48.7 Å². The Labute approximate surface area is 244 Å².